The van der Waals surface area contributed by atoms with Crippen LogP contribution in [0.2, 0.25) is 5.02 Å². The van der Waals surface area contributed by atoms with Gasteiger partial charge in [-0.25, -0.2) is 4.79 Å². The number of rotatable bonds is 2. The lowest BCUT2D eigenvalue weighted by atomic mass is 10.0. The van der Waals surface area contributed by atoms with Gasteiger partial charge in [-0.3, -0.25) is 0 Å². The van der Waals surface area contributed by atoms with Crippen molar-refractivity contribution in [1.82, 2.24) is 0 Å². The largest absolute Gasteiger partial charge is 0.507 e. The number of benzene rings is 2. The first-order chi connectivity index (χ1) is 9.02. The van der Waals surface area contributed by atoms with Crippen LogP contribution in [0, 0.1) is 6.92 Å². The van der Waals surface area contributed by atoms with Gasteiger partial charge in [0.1, 0.15) is 5.75 Å². The standard InChI is InChI=1S/C15H13ClO3/c1-9-6-14(17)12(8-13(9)16)10-4-3-5-11(7-10)15(18)19-2/h3-8,17H,1-2H3. The van der Waals surface area contributed by atoms with E-state index in [0.29, 0.717) is 21.7 Å². The molecule has 2 aromatic carbocycles. The van der Waals surface area contributed by atoms with Crippen molar-refractivity contribution in [2.75, 3.05) is 7.11 Å². The minimum atomic E-state index is -0.417. The average molecular weight is 277 g/mol. The number of aromatic hydroxyl groups is 1. The Morgan fingerprint density at radius 1 is 1.26 bits per heavy atom. The molecular weight excluding hydrogens is 264 g/mol. The van der Waals surface area contributed by atoms with E-state index in [4.69, 9.17) is 11.6 Å². The Labute approximate surface area is 116 Å². The maximum atomic E-state index is 11.5. The third kappa shape index (κ3) is 2.71. The predicted octanol–water partition coefficient (Wildman–Crippen LogP) is 3.81. The summed E-state index contributed by atoms with van der Waals surface area (Å²) in [6.45, 7) is 1.82. The van der Waals surface area contributed by atoms with Crippen LogP contribution < -0.4 is 0 Å². The van der Waals surface area contributed by atoms with Gasteiger partial charge in [-0.2, -0.15) is 0 Å². The summed E-state index contributed by atoms with van der Waals surface area (Å²) >= 11 is 6.06. The molecule has 0 atom stereocenters. The molecule has 0 spiro atoms. The van der Waals surface area contributed by atoms with Crippen LogP contribution in [0.1, 0.15) is 15.9 Å². The van der Waals surface area contributed by atoms with Crippen molar-refractivity contribution in [3.8, 4) is 16.9 Å². The van der Waals surface area contributed by atoms with E-state index in [1.807, 2.05) is 6.92 Å². The number of esters is 1. The molecule has 0 aliphatic heterocycles. The maximum Gasteiger partial charge on any atom is 0.337 e. The van der Waals surface area contributed by atoms with Crippen LogP contribution in [0.4, 0.5) is 0 Å². The summed E-state index contributed by atoms with van der Waals surface area (Å²) in [6, 6.07) is 10.1. The molecule has 98 valence electrons. The van der Waals surface area contributed by atoms with Crippen LogP contribution in [-0.4, -0.2) is 18.2 Å². The summed E-state index contributed by atoms with van der Waals surface area (Å²) in [5.41, 5.74) is 2.52. The zero-order valence-corrected chi connectivity index (χ0v) is 11.4. The Hall–Kier alpha value is -2.00. The molecule has 0 radical (unpaired) electrons. The molecule has 4 heteroatoms. The zero-order valence-electron chi connectivity index (χ0n) is 10.6. The number of carbonyl (C=O) groups is 1. The number of hydrogen-bond donors (Lipinski definition) is 1. The van der Waals surface area contributed by atoms with Crippen molar-refractivity contribution in [3.05, 3.63) is 52.5 Å². The molecular formula is C15H13ClO3. The van der Waals surface area contributed by atoms with Gasteiger partial charge in [-0.15, -0.1) is 0 Å². The van der Waals surface area contributed by atoms with Crippen molar-refractivity contribution in [2.45, 2.75) is 6.92 Å². The van der Waals surface area contributed by atoms with Crippen LogP contribution in [-0.2, 0) is 4.74 Å². The molecule has 0 amide bonds. The molecule has 0 unspecified atom stereocenters. The highest BCUT2D eigenvalue weighted by Crippen LogP contribution is 2.34. The Kier molecular flexibility index (Phi) is 3.76. The summed E-state index contributed by atoms with van der Waals surface area (Å²) in [4.78, 5) is 11.5. The second-order valence-corrected chi connectivity index (χ2v) is 4.60. The summed E-state index contributed by atoms with van der Waals surface area (Å²) in [5.74, 6) is -0.288. The number of phenolic OH excluding ortho intramolecular Hbond substituents is 1. The van der Waals surface area contributed by atoms with E-state index in [9.17, 15) is 9.90 Å². The third-order valence-electron chi connectivity index (χ3n) is 2.87. The maximum absolute atomic E-state index is 11.5. The molecule has 2 rings (SSSR count). The predicted molar refractivity (Wildman–Crippen MR) is 74.6 cm³/mol. The van der Waals surface area contributed by atoms with Crippen molar-refractivity contribution < 1.29 is 14.6 Å². The molecule has 0 heterocycles. The number of halogens is 1. The van der Waals surface area contributed by atoms with E-state index in [2.05, 4.69) is 4.74 Å². The van der Waals surface area contributed by atoms with Crippen molar-refractivity contribution in [3.63, 3.8) is 0 Å². The van der Waals surface area contributed by atoms with Crippen molar-refractivity contribution in [1.29, 1.82) is 0 Å². The van der Waals surface area contributed by atoms with Gasteiger partial charge in [0.05, 0.1) is 12.7 Å². The number of hydrogen-bond acceptors (Lipinski definition) is 3. The first-order valence-corrected chi connectivity index (χ1v) is 6.08. The molecule has 0 aliphatic rings. The molecule has 2 aromatic rings. The van der Waals surface area contributed by atoms with Crippen LogP contribution in [0.3, 0.4) is 0 Å². The lowest BCUT2D eigenvalue weighted by molar-refractivity contribution is 0.0601. The molecule has 0 aliphatic carbocycles. The summed E-state index contributed by atoms with van der Waals surface area (Å²) in [5, 5.41) is 10.5. The van der Waals surface area contributed by atoms with Gasteiger partial charge >= 0.3 is 5.97 Å². The molecule has 3 nitrogen and oxygen atoms in total. The van der Waals surface area contributed by atoms with Gasteiger partial charge < -0.3 is 9.84 Å². The van der Waals surface area contributed by atoms with Crippen LogP contribution in [0.15, 0.2) is 36.4 Å². The summed E-state index contributed by atoms with van der Waals surface area (Å²) in [7, 11) is 1.33. The molecule has 0 fully saturated rings. The van der Waals surface area contributed by atoms with Gasteiger partial charge in [0, 0.05) is 10.6 Å². The SMILES string of the molecule is COC(=O)c1cccc(-c2cc(Cl)c(C)cc2O)c1. The Bertz CT molecular complexity index is 635. The quantitative estimate of drug-likeness (QED) is 0.849. The van der Waals surface area contributed by atoms with Crippen LogP contribution in [0.25, 0.3) is 11.1 Å². The van der Waals surface area contributed by atoms with E-state index in [1.54, 1.807) is 36.4 Å². The highest BCUT2D eigenvalue weighted by molar-refractivity contribution is 6.31. The smallest absolute Gasteiger partial charge is 0.337 e. The van der Waals surface area contributed by atoms with Gasteiger partial charge in [0.25, 0.3) is 0 Å². The average Bonchev–Trinajstić information content (AvgIpc) is 2.42. The third-order valence-corrected chi connectivity index (χ3v) is 3.28. The Morgan fingerprint density at radius 3 is 2.68 bits per heavy atom. The first-order valence-electron chi connectivity index (χ1n) is 5.71. The number of methoxy groups -OCH3 is 1. The van der Waals surface area contributed by atoms with Crippen molar-refractivity contribution >= 4 is 17.6 Å². The highest BCUT2D eigenvalue weighted by Gasteiger charge is 2.11. The fraction of sp³-hybridized carbons (Fsp3) is 0.133. The number of carbonyl (C=O) groups excluding carboxylic acids is 1. The summed E-state index contributed by atoms with van der Waals surface area (Å²) < 4.78 is 4.67. The van der Waals surface area contributed by atoms with Gasteiger partial charge in [0.15, 0.2) is 0 Å². The highest BCUT2D eigenvalue weighted by atomic mass is 35.5. The van der Waals surface area contributed by atoms with Gasteiger partial charge in [0.2, 0.25) is 0 Å². The Morgan fingerprint density at radius 2 is 2.00 bits per heavy atom. The molecule has 0 bridgehead atoms. The minimum Gasteiger partial charge on any atom is -0.507 e. The second-order valence-electron chi connectivity index (χ2n) is 4.19. The second kappa shape index (κ2) is 5.33. The lowest BCUT2D eigenvalue weighted by Gasteiger charge is -2.09. The van der Waals surface area contributed by atoms with Crippen LogP contribution >= 0.6 is 11.6 Å². The molecule has 19 heavy (non-hydrogen) atoms. The topological polar surface area (TPSA) is 46.5 Å². The normalized spacial score (nSPS) is 10.3. The fourth-order valence-electron chi connectivity index (χ4n) is 1.83. The zero-order chi connectivity index (χ0) is 14.0. The molecule has 0 saturated heterocycles. The van der Waals surface area contributed by atoms with E-state index < -0.39 is 5.97 Å². The first kappa shape index (κ1) is 13.4. The molecule has 0 saturated carbocycles. The number of ether oxygens (including phenoxy) is 1. The van der Waals surface area contributed by atoms with Crippen LogP contribution in [0.5, 0.6) is 5.75 Å². The van der Waals surface area contributed by atoms with E-state index >= 15 is 0 Å². The lowest BCUT2D eigenvalue weighted by Crippen LogP contribution is -2.00. The van der Waals surface area contributed by atoms with E-state index in [-0.39, 0.29) is 5.75 Å². The van der Waals surface area contributed by atoms with E-state index in [1.165, 1.54) is 7.11 Å². The fourth-order valence-corrected chi connectivity index (χ4v) is 1.99. The molecule has 1 N–H and O–H groups in total. The number of phenols is 1. The summed E-state index contributed by atoms with van der Waals surface area (Å²) in [6.07, 6.45) is 0. The van der Waals surface area contributed by atoms with E-state index in [0.717, 1.165) is 5.56 Å². The van der Waals surface area contributed by atoms with Gasteiger partial charge in [-0.1, -0.05) is 23.7 Å². The van der Waals surface area contributed by atoms with Gasteiger partial charge in [-0.05, 0) is 42.3 Å². The minimum absolute atomic E-state index is 0.129. The Balaban J connectivity index is 2.53. The monoisotopic (exact) mass is 276 g/mol. The molecule has 0 aromatic heterocycles. The van der Waals surface area contributed by atoms with Crippen molar-refractivity contribution in [2.24, 2.45) is 0 Å². The number of aryl methyl sites for hydroxylation is 1.